The molecule has 1 unspecified atom stereocenters. The summed E-state index contributed by atoms with van der Waals surface area (Å²) < 4.78 is 0. The number of rotatable bonds is 6. The van der Waals surface area contributed by atoms with Crippen molar-refractivity contribution in [2.75, 3.05) is 20.6 Å². The SMILES string of the molecule is CC(CC(=O)O)NC(=O)NCC(C)(C)N(C)C. The molecule has 17 heavy (non-hydrogen) atoms. The molecule has 0 bridgehead atoms. The second-order valence-electron chi connectivity index (χ2n) is 5.03. The number of amides is 2. The van der Waals surface area contributed by atoms with Crippen molar-refractivity contribution in [3.05, 3.63) is 0 Å². The summed E-state index contributed by atoms with van der Waals surface area (Å²) in [7, 11) is 3.87. The fourth-order valence-corrected chi connectivity index (χ4v) is 1.04. The summed E-state index contributed by atoms with van der Waals surface area (Å²) in [5.41, 5.74) is -0.145. The Morgan fingerprint density at radius 3 is 2.29 bits per heavy atom. The zero-order valence-electron chi connectivity index (χ0n) is 11.2. The second-order valence-corrected chi connectivity index (χ2v) is 5.03. The molecule has 2 amide bonds. The van der Waals surface area contributed by atoms with Gasteiger partial charge in [0.1, 0.15) is 0 Å². The summed E-state index contributed by atoms with van der Waals surface area (Å²) in [6.07, 6.45) is -0.0789. The van der Waals surface area contributed by atoms with E-state index in [2.05, 4.69) is 10.6 Å². The summed E-state index contributed by atoms with van der Waals surface area (Å²) in [4.78, 5) is 23.9. The van der Waals surface area contributed by atoms with E-state index in [1.54, 1.807) is 6.92 Å². The van der Waals surface area contributed by atoms with Gasteiger partial charge in [-0.05, 0) is 34.9 Å². The van der Waals surface area contributed by atoms with E-state index in [0.717, 1.165) is 0 Å². The van der Waals surface area contributed by atoms with Gasteiger partial charge in [-0.15, -0.1) is 0 Å². The second kappa shape index (κ2) is 6.44. The monoisotopic (exact) mass is 245 g/mol. The lowest BCUT2D eigenvalue weighted by molar-refractivity contribution is -0.137. The van der Waals surface area contributed by atoms with Crippen LogP contribution in [0.2, 0.25) is 0 Å². The predicted molar refractivity (Wildman–Crippen MR) is 66.0 cm³/mol. The zero-order chi connectivity index (χ0) is 13.6. The first kappa shape index (κ1) is 15.7. The molecular weight excluding hydrogens is 222 g/mol. The van der Waals surface area contributed by atoms with Crippen molar-refractivity contribution in [1.82, 2.24) is 15.5 Å². The maximum Gasteiger partial charge on any atom is 0.315 e. The molecule has 0 aromatic heterocycles. The summed E-state index contributed by atoms with van der Waals surface area (Å²) in [6, 6.07) is -0.719. The van der Waals surface area contributed by atoms with Crippen LogP contribution in [0.5, 0.6) is 0 Å². The predicted octanol–water partition coefficient (Wildman–Crippen LogP) is 0.489. The number of urea groups is 1. The maximum absolute atomic E-state index is 11.5. The molecule has 0 aliphatic carbocycles. The molecule has 0 saturated carbocycles. The van der Waals surface area contributed by atoms with Gasteiger partial charge in [0.05, 0.1) is 6.42 Å². The molecule has 0 aromatic carbocycles. The maximum atomic E-state index is 11.5. The van der Waals surface area contributed by atoms with Gasteiger partial charge in [0, 0.05) is 18.1 Å². The number of aliphatic carboxylic acids is 1. The number of carbonyl (C=O) groups excluding carboxylic acids is 1. The fraction of sp³-hybridized carbons (Fsp3) is 0.818. The van der Waals surface area contributed by atoms with Crippen molar-refractivity contribution >= 4 is 12.0 Å². The van der Waals surface area contributed by atoms with E-state index >= 15 is 0 Å². The molecule has 6 heteroatoms. The largest absolute Gasteiger partial charge is 0.481 e. The summed E-state index contributed by atoms with van der Waals surface area (Å²) >= 11 is 0. The molecule has 3 N–H and O–H groups in total. The highest BCUT2D eigenvalue weighted by Crippen LogP contribution is 2.07. The van der Waals surface area contributed by atoms with E-state index in [1.807, 2.05) is 32.8 Å². The molecule has 0 rings (SSSR count). The molecule has 0 heterocycles. The van der Waals surface area contributed by atoms with E-state index in [9.17, 15) is 9.59 Å². The minimum Gasteiger partial charge on any atom is -0.481 e. The van der Waals surface area contributed by atoms with Crippen molar-refractivity contribution < 1.29 is 14.7 Å². The van der Waals surface area contributed by atoms with Gasteiger partial charge in [-0.3, -0.25) is 4.79 Å². The highest BCUT2D eigenvalue weighted by Gasteiger charge is 2.21. The Morgan fingerprint density at radius 2 is 1.88 bits per heavy atom. The smallest absolute Gasteiger partial charge is 0.315 e. The lowest BCUT2D eigenvalue weighted by Gasteiger charge is -2.32. The normalized spacial score (nSPS) is 13.3. The highest BCUT2D eigenvalue weighted by molar-refractivity contribution is 5.75. The number of carboxylic acid groups (broad SMARTS) is 1. The Morgan fingerprint density at radius 1 is 1.35 bits per heavy atom. The molecule has 0 radical (unpaired) electrons. The van der Waals surface area contributed by atoms with Gasteiger partial charge in [0.25, 0.3) is 0 Å². The molecule has 0 aliphatic heterocycles. The number of carboxylic acids is 1. The minimum absolute atomic E-state index is 0.0789. The zero-order valence-corrected chi connectivity index (χ0v) is 11.2. The van der Waals surface area contributed by atoms with Crippen LogP contribution in [0.4, 0.5) is 4.79 Å². The van der Waals surface area contributed by atoms with Crippen LogP contribution in [0, 0.1) is 0 Å². The molecule has 0 aromatic rings. The van der Waals surface area contributed by atoms with Gasteiger partial charge >= 0.3 is 12.0 Å². The van der Waals surface area contributed by atoms with Gasteiger partial charge in [-0.25, -0.2) is 4.79 Å². The Bertz CT molecular complexity index is 277. The van der Waals surface area contributed by atoms with Crippen molar-refractivity contribution in [3.8, 4) is 0 Å². The van der Waals surface area contributed by atoms with Crippen LogP contribution in [0.15, 0.2) is 0 Å². The summed E-state index contributed by atoms with van der Waals surface area (Å²) in [5, 5.41) is 13.8. The Balaban J connectivity index is 3.99. The average Bonchev–Trinajstić information content (AvgIpc) is 2.13. The minimum atomic E-state index is -0.925. The molecule has 6 nitrogen and oxygen atoms in total. The molecule has 100 valence electrons. The number of nitrogens with one attached hydrogen (secondary N) is 2. The molecule has 0 saturated heterocycles. The summed E-state index contributed by atoms with van der Waals surface area (Å²) in [6.45, 7) is 6.17. The summed E-state index contributed by atoms with van der Waals surface area (Å²) in [5.74, 6) is -0.925. The Labute approximate surface area is 102 Å². The van der Waals surface area contributed by atoms with E-state index in [-0.39, 0.29) is 24.0 Å². The number of hydrogen-bond donors (Lipinski definition) is 3. The lowest BCUT2D eigenvalue weighted by Crippen LogP contribution is -2.51. The van der Waals surface area contributed by atoms with Gasteiger partial charge in [0.15, 0.2) is 0 Å². The number of likely N-dealkylation sites (N-methyl/N-ethyl adjacent to an activating group) is 1. The van der Waals surface area contributed by atoms with E-state index < -0.39 is 5.97 Å². The molecular formula is C11H23N3O3. The van der Waals surface area contributed by atoms with E-state index in [0.29, 0.717) is 6.54 Å². The van der Waals surface area contributed by atoms with Crippen molar-refractivity contribution in [2.24, 2.45) is 0 Å². The highest BCUT2D eigenvalue weighted by atomic mass is 16.4. The Hall–Kier alpha value is -1.30. The average molecular weight is 245 g/mol. The number of hydrogen-bond acceptors (Lipinski definition) is 3. The third-order valence-corrected chi connectivity index (χ3v) is 2.75. The van der Waals surface area contributed by atoms with Crippen LogP contribution in [-0.4, -0.2) is 54.2 Å². The topological polar surface area (TPSA) is 81.7 Å². The van der Waals surface area contributed by atoms with Crippen molar-refractivity contribution in [3.63, 3.8) is 0 Å². The first-order chi connectivity index (χ1) is 7.65. The quantitative estimate of drug-likeness (QED) is 0.636. The van der Waals surface area contributed by atoms with Gasteiger partial charge in [0.2, 0.25) is 0 Å². The van der Waals surface area contributed by atoms with E-state index in [4.69, 9.17) is 5.11 Å². The van der Waals surface area contributed by atoms with E-state index in [1.165, 1.54) is 0 Å². The van der Waals surface area contributed by atoms with Crippen LogP contribution in [-0.2, 0) is 4.79 Å². The number of nitrogens with zero attached hydrogens (tertiary/aromatic N) is 1. The van der Waals surface area contributed by atoms with Gasteiger partial charge < -0.3 is 20.6 Å². The third-order valence-electron chi connectivity index (χ3n) is 2.75. The van der Waals surface area contributed by atoms with Crippen LogP contribution < -0.4 is 10.6 Å². The van der Waals surface area contributed by atoms with Crippen LogP contribution in [0.1, 0.15) is 27.2 Å². The Kier molecular flexibility index (Phi) is 5.95. The van der Waals surface area contributed by atoms with Crippen LogP contribution >= 0.6 is 0 Å². The standard InChI is InChI=1S/C11H23N3O3/c1-8(6-9(15)16)13-10(17)12-7-11(2,3)14(4)5/h8H,6-7H2,1-5H3,(H,15,16)(H2,12,13,17). The fourth-order valence-electron chi connectivity index (χ4n) is 1.04. The first-order valence-corrected chi connectivity index (χ1v) is 5.58. The lowest BCUT2D eigenvalue weighted by atomic mass is 10.0. The molecule has 0 fully saturated rings. The van der Waals surface area contributed by atoms with Crippen molar-refractivity contribution in [2.45, 2.75) is 38.8 Å². The third kappa shape index (κ3) is 6.78. The van der Waals surface area contributed by atoms with Gasteiger partial charge in [-0.1, -0.05) is 0 Å². The van der Waals surface area contributed by atoms with Gasteiger partial charge in [-0.2, -0.15) is 0 Å². The first-order valence-electron chi connectivity index (χ1n) is 5.58. The van der Waals surface area contributed by atoms with Crippen molar-refractivity contribution in [1.29, 1.82) is 0 Å². The van der Waals surface area contributed by atoms with Crippen LogP contribution in [0.3, 0.4) is 0 Å². The number of carbonyl (C=O) groups is 2. The molecule has 0 aliphatic rings. The molecule has 0 spiro atoms. The molecule has 1 atom stereocenters. The van der Waals surface area contributed by atoms with Crippen LogP contribution in [0.25, 0.3) is 0 Å².